The molecule has 1 heterocycles. The number of anilines is 1. The number of nitrogens with one attached hydrogen (secondary N) is 1. The van der Waals surface area contributed by atoms with Gasteiger partial charge in [0, 0.05) is 39.5 Å². The number of carbonyl (C=O) groups excluding carboxylic acids is 1. The van der Waals surface area contributed by atoms with Gasteiger partial charge in [-0.05, 0) is 79.8 Å². The average Bonchev–Trinajstić information content (AvgIpc) is 2.82. The van der Waals surface area contributed by atoms with Crippen molar-refractivity contribution in [2.75, 3.05) is 17.8 Å². The van der Waals surface area contributed by atoms with Crippen LogP contribution >= 0.6 is 11.8 Å². The van der Waals surface area contributed by atoms with Gasteiger partial charge in [0.1, 0.15) is 0 Å². The van der Waals surface area contributed by atoms with Gasteiger partial charge in [-0.3, -0.25) is 9.78 Å². The molecule has 1 amide bonds. The van der Waals surface area contributed by atoms with Crippen LogP contribution in [0.4, 0.5) is 5.69 Å². The Morgan fingerprint density at radius 2 is 1.74 bits per heavy atom. The molecule has 0 radical (unpaired) electrons. The van der Waals surface area contributed by atoms with E-state index in [1.54, 1.807) is 37.9 Å². The van der Waals surface area contributed by atoms with Crippen molar-refractivity contribution in [3.8, 4) is 11.1 Å². The van der Waals surface area contributed by atoms with Gasteiger partial charge in [0.25, 0.3) is 5.91 Å². The quantitative estimate of drug-likeness (QED) is 0.328. The summed E-state index contributed by atoms with van der Waals surface area (Å²) < 4.78 is 24.0. The summed E-state index contributed by atoms with van der Waals surface area (Å²) in [5.74, 6) is -0.218. The van der Waals surface area contributed by atoms with Gasteiger partial charge in [0.05, 0.1) is 10.3 Å². The number of nitrogens with zero attached hydrogens (tertiary/aromatic N) is 1. The Morgan fingerprint density at radius 3 is 2.47 bits per heavy atom. The van der Waals surface area contributed by atoms with E-state index in [-0.39, 0.29) is 5.91 Å². The molecule has 5 nitrogen and oxygen atoms in total. The molecule has 4 rings (SSSR count). The van der Waals surface area contributed by atoms with Crippen molar-refractivity contribution in [3.05, 3.63) is 90.1 Å². The standard InChI is InChI=1S/C27H26N2O3S2/c1-27(2,34(4,31)32)21-15-19-10-7-13-28-25(19)24(16-21)18-8-5-9-20(14-18)26(30)29-22-11-6-12-23(17-22)33-3/h5-17H,1-4H3,(H,29,30). The van der Waals surface area contributed by atoms with E-state index >= 15 is 0 Å². The molecule has 0 bridgehead atoms. The summed E-state index contributed by atoms with van der Waals surface area (Å²) in [5, 5.41) is 3.80. The molecule has 1 aromatic heterocycles. The van der Waals surface area contributed by atoms with Gasteiger partial charge in [-0.1, -0.05) is 24.3 Å². The number of pyridine rings is 1. The van der Waals surface area contributed by atoms with Crippen LogP contribution in [0.3, 0.4) is 0 Å². The van der Waals surface area contributed by atoms with E-state index in [2.05, 4.69) is 10.3 Å². The first-order valence-corrected chi connectivity index (χ1v) is 13.9. The van der Waals surface area contributed by atoms with Gasteiger partial charge >= 0.3 is 0 Å². The highest BCUT2D eigenvalue weighted by atomic mass is 32.2. The van der Waals surface area contributed by atoms with Crippen molar-refractivity contribution in [3.63, 3.8) is 0 Å². The normalized spacial score (nSPS) is 12.0. The van der Waals surface area contributed by atoms with Crippen molar-refractivity contribution < 1.29 is 13.2 Å². The maximum Gasteiger partial charge on any atom is 0.255 e. The molecule has 0 unspecified atom stereocenters. The lowest BCUT2D eigenvalue weighted by Gasteiger charge is -2.24. The molecule has 34 heavy (non-hydrogen) atoms. The van der Waals surface area contributed by atoms with E-state index in [0.29, 0.717) is 11.1 Å². The van der Waals surface area contributed by atoms with E-state index in [1.807, 2.05) is 73.0 Å². The van der Waals surface area contributed by atoms with Crippen LogP contribution in [-0.4, -0.2) is 31.8 Å². The molecule has 0 saturated heterocycles. The van der Waals surface area contributed by atoms with Gasteiger partial charge in [-0.2, -0.15) is 0 Å². The molecule has 0 aliphatic carbocycles. The Hall–Kier alpha value is -3.16. The third-order valence-corrected chi connectivity index (χ3v) is 8.91. The minimum absolute atomic E-state index is 0.218. The lowest BCUT2D eigenvalue weighted by molar-refractivity contribution is 0.102. The van der Waals surface area contributed by atoms with E-state index in [0.717, 1.165) is 32.6 Å². The number of fused-ring (bicyclic) bond motifs is 1. The minimum atomic E-state index is -3.37. The first-order chi connectivity index (χ1) is 16.1. The highest BCUT2D eigenvalue weighted by Gasteiger charge is 2.33. The summed E-state index contributed by atoms with van der Waals surface area (Å²) in [4.78, 5) is 18.6. The van der Waals surface area contributed by atoms with Crippen LogP contribution in [0.2, 0.25) is 0 Å². The summed E-state index contributed by atoms with van der Waals surface area (Å²) in [6.07, 6.45) is 4.95. The van der Waals surface area contributed by atoms with Crippen LogP contribution in [0.25, 0.3) is 22.0 Å². The topological polar surface area (TPSA) is 76.1 Å². The molecule has 0 spiro atoms. The fraction of sp³-hybridized carbons (Fsp3) is 0.185. The first-order valence-electron chi connectivity index (χ1n) is 10.7. The first kappa shape index (κ1) is 24.0. The van der Waals surface area contributed by atoms with Crippen LogP contribution in [0.1, 0.15) is 29.8 Å². The Kier molecular flexibility index (Phi) is 6.51. The highest BCUT2D eigenvalue weighted by Crippen LogP contribution is 2.36. The smallest absolute Gasteiger partial charge is 0.255 e. The molecule has 0 fully saturated rings. The third-order valence-electron chi connectivity index (χ3n) is 6.09. The molecule has 0 aliphatic rings. The molecule has 0 aliphatic heterocycles. The molecular weight excluding hydrogens is 464 g/mol. The van der Waals surface area contributed by atoms with Crippen LogP contribution in [0, 0.1) is 0 Å². The fourth-order valence-electron chi connectivity index (χ4n) is 3.71. The van der Waals surface area contributed by atoms with Crippen LogP contribution < -0.4 is 5.32 Å². The number of thioether (sulfide) groups is 1. The van der Waals surface area contributed by atoms with Gasteiger partial charge < -0.3 is 5.32 Å². The summed E-state index contributed by atoms with van der Waals surface area (Å²) in [7, 11) is -3.37. The second-order valence-electron chi connectivity index (χ2n) is 8.65. The molecule has 4 aromatic rings. The number of hydrogen-bond donors (Lipinski definition) is 1. The number of hydrogen-bond acceptors (Lipinski definition) is 5. The molecule has 0 atom stereocenters. The fourth-order valence-corrected chi connectivity index (χ4v) is 4.71. The van der Waals surface area contributed by atoms with Crippen molar-refractivity contribution in [1.82, 2.24) is 4.98 Å². The van der Waals surface area contributed by atoms with Crippen molar-refractivity contribution in [2.24, 2.45) is 0 Å². The van der Waals surface area contributed by atoms with E-state index in [1.165, 1.54) is 6.26 Å². The second-order valence-corrected chi connectivity index (χ2v) is 12.1. The molecule has 174 valence electrons. The Bertz CT molecular complexity index is 1500. The largest absolute Gasteiger partial charge is 0.322 e. The zero-order valence-corrected chi connectivity index (χ0v) is 21.1. The Morgan fingerprint density at radius 1 is 0.971 bits per heavy atom. The van der Waals surface area contributed by atoms with Gasteiger partial charge in [-0.25, -0.2) is 8.42 Å². The van der Waals surface area contributed by atoms with Crippen LogP contribution in [-0.2, 0) is 14.6 Å². The van der Waals surface area contributed by atoms with Crippen molar-refractivity contribution in [1.29, 1.82) is 0 Å². The molecule has 1 N–H and O–H groups in total. The SMILES string of the molecule is CSc1cccc(NC(=O)c2cccc(-c3cc(C(C)(C)S(C)(=O)=O)cc4cccnc34)c2)c1. The van der Waals surface area contributed by atoms with Gasteiger partial charge in [-0.15, -0.1) is 11.8 Å². The number of rotatable bonds is 6. The van der Waals surface area contributed by atoms with Crippen LogP contribution in [0.5, 0.6) is 0 Å². The summed E-state index contributed by atoms with van der Waals surface area (Å²) in [6, 6.07) is 22.5. The molecule has 7 heteroatoms. The van der Waals surface area contributed by atoms with Gasteiger partial charge in [0.2, 0.25) is 0 Å². The maximum atomic E-state index is 13.0. The Labute approximate surface area is 204 Å². The highest BCUT2D eigenvalue weighted by molar-refractivity contribution is 7.98. The summed E-state index contributed by atoms with van der Waals surface area (Å²) in [6.45, 7) is 3.41. The average molecular weight is 491 g/mol. The van der Waals surface area contributed by atoms with Crippen molar-refractivity contribution in [2.45, 2.75) is 23.5 Å². The lowest BCUT2D eigenvalue weighted by Crippen LogP contribution is -2.28. The maximum absolute atomic E-state index is 13.0. The van der Waals surface area contributed by atoms with E-state index < -0.39 is 14.6 Å². The summed E-state index contributed by atoms with van der Waals surface area (Å²) >= 11 is 1.61. The second kappa shape index (κ2) is 9.24. The van der Waals surface area contributed by atoms with Crippen LogP contribution in [0.15, 0.2) is 83.9 Å². The lowest BCUT2D eigenvalue weighted by atomic mass is 9.93. The predicted octanol–water partition coefficient (Wildman–Crippen LogP) is 6.16. The third kappa shape index (κ3) is 4.72. The zero-order valence-electron chi connectivity index (χ0n) is 19.5. The zero-order chi connectivity index (χ0) is 24.5. The van der Waals surface area contributed by atoms with Crippen molar-refractivity contribution >= 4 is 44.1 Å². The van der Waals surface area contributed by atoms with E-state index in [4.69, 9.17) is 0 Å². The molecule has 0 saturated carbocycles. The molecular formula is C27H26N2O3S2. The number of benzene rings is 3. The number of sulfone groups is 1. The minimum Gasteiger partial charge on any atom is -0.322 e. The van der Waals surface area contributed by atoms with Gasteiger partial charge in [0.15, 0.2) is 9.84 Å². The predicted molar refractivity (Wildman–Crippen MR) is 141 cm³/mol. The number of carbonyl (C=O) groups is 1. The summed E-state index contributed by atoms with van der Waals surface area (Å²) in [5.41, 5.74) is 4.23. The number of aromatic nitrogens is 1. The Balaban J connectivity index is 1.79. The van der Waals surface area contributed by atoms with E-state index in [9.17, 15) is 13.2 Å². The molecule has 3 aromatic carbocycles. The number of amides is 1. The monoisotopic (exact) mass is 490 g/mol.